The molecule has 0 atom stereocenters. The van der Waals surface area contributed by atoms with Crippen molar-refractivity contribution >= 4 is 89.0 Å². The molecular weight excluding hydrogens is 549 g/mol. The van der Waals surface area contributed by atoms with Gasteiger partial charge in [-0.05, 0) is 70.1 Å². The minimum absolute atomic E-state index is 0.969. The highest BCUT2D eigenvalue weighted by atomic mass is 32.4. The van der Waals surface area contributed by atoms with Crippen LogP contribution in [0.1, 0.15) is 0 Å². The number of rotatable bonds is 1. The normalized spacial score (nSPS) is 14.6. The predicted molar refractivity (Wildman–Crippen MR) is 184 cm³/mol. The van der Waals surface area contributed by atoms with E-state index in [0.29, 0.717) is 0 Å². The molecule has 0 radical (unpaired) electrons. The van der Waals surface area contributed by atoms with Crippen LogP contribution < -0.4 is 25.7 Å². The molecule has 200 valence electrons. The van der Waals surface area contributed by atoms with Gasteiger partial charge < -0.3 is 9.80 Å². The molecule has 0 N–H and O–H groups in total. The summed E-state index contributed by atoms with van der Waals surface area (Å²) in [5.41, 5.74) is 7.82. The fourth-order valence-electron chi connectivity index (χ4n) is 6.92. The summed E-state index contributed by atoms with van der Waals surface area (Å²) in [4.78, 5) is 9.80. The van der Waals surface area contributed by atoms with Crippen molar-refractivity contribution in [2.24, 2.45) is 0 Å². The van der Waals surface area contributed by atoms with E-state index in [4.69, 9.17) is 16.8 Å². The lowest BCUT2D eigenvalue weighted by Crippen LogP contribution is -2.43. The molecule has 9 rings (SSSR count). The highest BCUT2D eigenvalue weighted by Gasteiger charge is 2.44. The molecule has 1 aromatic heterocycles. The quantitative estimate of drug-likeness (QED) is 0.184. The van der Waals surface area contributed by atoms with E-state index in [1.807, 2.05) is 0 Å². The zero-order valence-electron chi connectivity index (χ0n) is 23.2. The average Bonchev–Trinajstić information content (AvgIpc) is 3.04. The molecule has 5 heteroatoms. The summed E-state index contributed by atoms with van der Waals surface area (Å²) in [7, 11) is 4.38. The third-order valence-electron chi connectivity index (χ3n) is 9.09. The van der Waals surface area contributed by atoms with E-state index in [1.165, 1.54) is 60.2 Å². The Labute approximate surface area is 249 Å². The van der Waals surface area contributed by atoms with Crippen LogP contribution in [-0.2, 0) is 11.8 Å². The molecular formula is C37H26N3PS. The maximum Gasteiger partial charge on any atom is 0.0711 e. The van der Waals surface area contributed by atoms with Crippen LogP contribution in [0.3, 0.4) is 0 Å². The van der Waals surface area contributed by atoms with Crippen molar-refractivity contribution < 1.29 is 0 Å². The minimum Gasteiger partial charge on any atom is -0.343 e. The largest absolute Gasteiger partial charge is 0.343 e. The molecule has 6 aromatic carbocycles. The van der Waals surface area contributed by atoms with Gasteiger partial charge in [-0.1, -0.05) is 84.6 Å². The maximum atomic E-state index is 7.06. The van der Waals surface area contributed by atoms with Gasteiger partial charge >= 0.3 is 0 Å². The van der Waals surface area contributed by atoms with Crippen LogP contribution in [-0.4, -0.2) is 19.1 Å². The number of para-hydroxylation sites is 1. The summed E-state index contributed by atoms with van der Waals surface area (Å²) in [5, 5.41) is 9.89. The lowest BCUT2D eigenvalue weighted by atomic mass is 10.0. The molecule has 0 saturated carbocycles. The molecule has 0 saturated heterocycles. The monoisotopic (exact) mass is 575 g/mol. The molecule has 0 spiro atoms. The van der Waals surface area contributed by atoms with Gasteiger partial charge in [-0.3, -0.25) is 0 Å². The first-order valence-corrected chi connectivity index (χ1v) is 17.0. The summed E-state index contributed by atoms with van der Waals surface area (Å²) in [5.74, 6) is 0. The van der Waals surface area contributed by atoms with Crippen LogP contribution in [0.2, 0.25) is 0 Å². The number of aromatic nitrogens is 1. The molecule has 3 nitrogen and oxygen atoms in total. The van der Waals surface area contributed by atoms with Gasteiger partial charge in [0.2, 0.25) is 0 Å². The van der Waals surface area contributed by atoms with Crippen molar-refractivity contribution in [2.45, 2.75) is 0 Å². The summed E-state index contributed by atoms with van der Waals surface area (Å²) in [6, 6.07) is 41.5. The summed E-state index contributed by atoms with van der Waals surface area (Å²) in [6.07, 6.45) is 0. The van der Waals surface area contributed by atoms with E-state index in [9.17, 15) is 0 Å². The molecule has 0 amide bonds. The smallest absolute Gasteiger partial charge is 0.0711 e. The Bertz CT molecular complexity index is 2220. The standard InChI is InChI=1S/C37H26N3PS/c1-39-31-17-24-10-3-5-12-26(24)21-35(31)41(42)36-22-27-13-6-4-11-25(27)18-32(36)40(2)34-20-28(19-33(39)37(34)41)30-16-15-23-9-7-8-14-29(23)38-30/h3-22H,1-2H3. The fourth-order valence-corrected chi connectivity index (χ4v) is 11.9. The van der Waals surface area contributed by atoms with Gasteiger partial charge in [0.1, 0.15) is 0 Å². The van der Waals surface area contributed by atoms with Crippen LogP contribution in [0.25, 0.3) is 43.7 Å². The third-order valence-corrected chi connectivity index (χ3v) is 14.0. The number of nitrogens with zero attached hydrogens (tertiary/aromatic N) is 3. The Kier molecular flexibility index (Phi) is 4.89. The average molecular weight is 576 g/mol. The van der Waals surface area contributed by atoms with Crippen molar-refractivity contribution in [1.29, 1.82) is 0 Å². The van der Waals surface area contributed by atoms with Crippen molar-refractivity contribution in [3.05, 3.63) is 121 Å². The van der Waals surface area contributed by atoms with Crippen LogP contribution in [0, 0.1) is 0 Å². The number of hydrogen-bond acceptors (Lipinski definition) is 4. The molecule has 7 aromatic rings. The van der Waals surface area contributed by atoms with Crippen LogP contribution in [0.4, 0.5) is 22.7 Å². The van der Waals surface area contributed by atoms with Gasteiger partial charge in [0.15, 0.2) is 0 Å². The zero-order chi connectivity index (χ0) is 28.2. The van der Waals surface area contributed by atoms with E-state index >= 15 is 0 Å². The second-order valence-electron chi connectivity index (χ2n) is 11.4. The topological polar surface area (TPSA) is 19.4 Å². The first-order valence-electron chi connectivity index (χ1n) is 14.2. The van der Waals surface area contributed by atoms with Gasteiger partial charge in [-0.2, -0.15) is 0 Å². The second kappa shape index (κ2) is 8.51. The van der Waals surface area contributed by atoms with E-state index < -0.39 is 6.04 Å². The van der Waals surface area contributed by atoms with Crippen molar-refractivity contribution in [3.8, 4) is 11.3 Å². The van der Waals surface area contributed by atoms with Gasteiger partial charge in [-0.15, -0.1) is 0 Å². The highest BCUT2D eigenvalue weighted by Crippen LogP contribution is 2.60. The van der Waals surface area contributed by atoms with Gasteiger partial charge in [0, 0.05) is 47.0 Å². The summed E-state index contributed by atoms with van der Waals surface area (Å²) in [6.45, 7) is 0. The summed E-state index contributed by atoms with van der Waals surface area (Å²) < 4.78 is 0. The van der Waals surface area contributed by atoms with Crippen LogP contribution >= 0.6 is 6.04 Å². The first-order chi connectivity index (χ1) is 20.5. The molecule has 2 aliphatic heterocycles. The highest BCUT2D eigenvalue weighted by molar-refractivity contribution is 8.26. The van der Waals surface area contributed by atoms with Gasteiger partial charge in [0.05, 0.1) is 34.0 Å². The number of hydrogen-bond donors (Lipinski definition) is 0. The van der Waals surface area contributed by atoms with E-state index in [2.05, 4.69) is 145 Å². The van der Waals surface area contributed by atoms with Crippen molar-refractivity contribution in [2.75, 3.05) is 23.9 Å². The Balaban J connectivity index is 1.40. The lowest BCUT2D eigenvalue weighted by Gasteiger charge is -2.45. The number of benzene rings is 6. The molecule has 3 heterocycles. The minimum atomic E-state index is -2.42. The Morgan fingerprint density at radius 1 is 0.524 bits per heavy atom. The molecule has 0 unspecified atom stereocenters. The van der Waals surface area contributed by atoms with Crippen molar-refractivity contribution in [1.82, 2.24) is 4.98 Å². The Morgan fingerprint density at radius 2 is 1.00 bits per heavy atom. The molecule has 0 fully saturated rings. The maximum absolute atomic E-state index is 7.06. The van der Waals surface area contributed by atoms with Crippen LogP contribution in [0.5, 0.6) is 0 Å². The van der Waals surface area contributed by atoms with E-state index in [0.717, 1.165) is 22.2 Å². The Hall–Kier alpha value is -4.50. The first kappa shape index (κ1) is 24.1. The molecule has 0 aliphatic carbocycles. The number of fused-ring (bicyclic) bond motifs is 7. The lowest BCUT2D eigenvalue weighted by molar-refractivity contribution is 1.19. The second-order valence-corrected chi connectivity index (χ2v) is 15.6. The van der Waals surface area contributed by atoms with Gasteiger partial charge in [0.25, 0.3) is 0 Å². The SMILES string of the molecule is CN1c2cc3ccccc3cc2P2(=S)c3cc4ccccc4cc3N(C)c3cc(-c4ccc5ccccc5n4)cc1c32. The third kappa shape index (κ3) is 3.17. The Morgan fingerprint density at radius 3 is 1.55 bits per heavy atom. The molecule has 0 bridgehead atoms. The van der Waals surface area contributed by atoms with E-state index in [1.54, 1.807) is 0 Å². The van der Waals surface area contributed by atoms with Crippen LogP contribution in [0.15, 0.2) is 121 Å². The zero-order valence-corrected chi connectivity index (χ0v) is 25.0. The van der Waals surface area contributed by atoms with Crippen molar-refractivity contribution in [3.63, 3.8) is 0 Å². The summed E-state index contributed by atoms with van der Waals surface area (Å²) >= 11 is 7.06. The van der Waals surface area contributed by atoms with E-state index in [-0.39, 0.29) is 0 Å². The predicted octanol–water partition coefficient (Wildman–Crippen LogP) is 8.13. The van der Waals surface area contributed by atoms with Gasteiger partial charge in [-0.25, -0.2) is 4.98 Å². The number of anilines is 4. The molecule has 2 aliphatic rings. The fraction of sp³-hybridized carbons (Fsp3) is 0.0541. The number of pyridine rings is 1. The molecule has 42 heavy (non-hydrogen) atoms.